The SMILES string of the molecule is Cc1cc(=O)n(O)c(C2CCCCC2)c1Br. The summed E-state index contributed by atoms with van der Waals surface area (Å²) in [5, 5.41) is 9.83. The largest absolute Gasteiger partial charge is 0.425 e. The lowest BCUT2D eigenvalue weighted by Crippen LogP contribution is -2.24. The van der Waals surface area contributed by atoms with Gasteiger partial charge in [0.1, 0.15) is 0 Å². The second-order valence-corrected chi connectivity index (χ2v) is 5.30. The number of pyridine rings is 1. The summed E-state index contributed by atoms with van der Waals surface area (Å²) in [6.45, 7) is 1.89. The van der Waals surface area contributed by atoms with Gasteiger partial charge in [-0.15, -0.1) is 0 Å². The minimum atomic E-state index is -0.332. The van der Waals surface area contributed by atoms with Crippen molar-refractivity contribution in [2.75, 3.05) is 0 Å². The fraction of sp³-hybridized carbons (Fsp3) is 0.583. The molecule has 0 spiro atoms. The molecule has 1 aromatic rings. The molecule has 4 heteroatoms. The van der Waals surface area contributed by atoms with Crippen LogP contribution in [0.25, 0.3) is 0 Å². The van der Waals surface area contributed by atoms with Gasteiger partial charge in [0.2, 0.25) is 0 Å². The van der Waals surface area contributed by atoms with Crippen molar-refractivity contribution in [1.82, 2.24) is 4.73 Å². The van der Waals surface area contributed by atoms with Crippen LogP contribution < -0.4 is 5.56 Å². The predicted molar refractivity (Wildman–Crippen MR) is 66.1 cm³/mol. The Morgan fingerprint density at radius 3 is 2.62 bits per heavy atom. The van der Waals surface area contributed by atoms with Crippen LogP contribution in [0.2, 0.25) is 0 Å². The molecule has 1 aromatic heterocycles. The molecule has 0 saturated heterocycles. The van der Waals surface area contributed by atoms with E-state index < -0.39 is 0 Å². The zero-order valence-corrected chi connectivity index (χ0v) is 11.0. The van der Waals surface area contributed by atoms with Crippen LogP contribution in [0.4, 0.5) is 0 Å². The van der Waals surface area contributed by atoms with E-state index in [0.717, 1.165) is 33.3 Å². The van der Waals surface area contributed by atoms with Crippen molar-refractivity contribution in [2.45, 2.75) is 44.9 Å². The van der Waals surface area contributed by atoms with E-state index in [1.54, 1.807) is 0 Å². The van der Waals surface area contributed by atoms with Crippen molar-refractivity contribution in [3.05, 3.63) is 32.2 Å². The number of halogens is 1. The molecule has 1 aliphatic carbocycles. The molecule has 3 nitrogen and oxygen atoms in total. The monoisotopic (exact) mass is 285 g/mol. The molecule has 1 fully saturated rings. The number of hydrogen-bond acceptors (Lipinski definition) is 2. The Bertz CT molecular complexity index is 447. The summed E-state index contributed by atoms with van der Waals surface area (Å²) in [5.74, 6) is 0.306. The van der Waals surface area contributed by atoms with E-state index in [4.69, 9.17) is 0 Å². The average Bonchev–Trinajstić information content (AvgIpc) is 2.28. The summed E-state index contributed by atoms with van der Waals surface area (Å²) in [7, 11) is 0. The van der Waals surface area contributed by atoms with Gasteiger partial charge in [0.15, 0.2) is 0 Å². The third-order valence-electron chi connectivity index (χ3n) is 3.34. The Balaban J connectivity index is 2.49. The molecule has 1 heterocycles. The molecule has 1 saturated carbocycles. The van der Waals surface area contributed by atoms with Crippen molar-refractivity contribution in [3.8, 4) is 0 Å². The lowest BCUT2D eigenvalue weighted by atomic mass is 9.86. The second-order valence-electron chi connectivity index (χ2n) is 4.51. The second kappa shape index (κ2) is 4.62. The fourth-order valence-corrected chi connectivity index (χ4v) is 3.06. The number of rotatable bonds is 1. The molecule has 0 radical (unpaired) electrons. The van der Waals surface area contributed by atoms with Crippen molar-refractivity contribution >= 4 is 15.9 Å². The fourth-order valence-electron chi connectivity index (χ4n) is 2.45. The first kappa shape index (κ1) is 11.7. The Morgan fingerprint density at radius 1 is 1.38 bits per heavy atom. The first-order valence-electron chi connectivity index (χ1n) is 5.72. The zero-order chi connectivity index (χ0) is 11.7. The summed E-state index contributed by atoms with van der Waals surface area (Å²) >= 11 is 3.48. The van der Waals surface area contributed by atoms with E-state index >= 15 is 0 Å². The lowest BCUT2D eigenvalue weighted by Gasteiger charge is -2.24. The molecule has 16 heavy (non-hydrogen) atoms. The molecule has 88 valence electrons. The minimum absolute atomic E-state index is 0.306. The van der Waals surface area contributed by atoms with Crippen LogP contribution in [0, 0.1) is 6.92 Å². The summed E-state index contributed by atoms with van der Waals surface area (Å²) < 4.78 is 1.69. The van der Waals surface area contributed by atoms with Crippen LogP contribution in [0.15, 0.2) is 15.3 Å². The Morgan fingerprint density at radius 2 is 2.00 bits per heavy atom. The van der Waals surface area contributed by atoms with Gasteiger partial charge in [0.05, 0.1) is 5.69 Å². The molecule has 0 aliphatic heterocycles. The Labute approximate surface area is 103 Å². The van der Waals surface area contributed by atoms with E-state index in [1.165, 1.54) is 25.3 Å². The first-order valence-corrected chi connectivity index (χ1v) is 6.52. The molecule has 0 aromatic carbocycles. The molecule has 0 unspecified atom stereocenters. The number of nitrogens with zero attached hydrogens (tertiary/aromatic N) is 1. The van der Waals surface area contributed by atoms with Crippen molar-refractivity contribution in [3.63, 3.8) is 0 Å². The highest BCUT2D eigenvalue weighted by Gasteiger charge is 2.23. The standard InChI is InChI=1S/C12H16BrNO2/c1-8-7-10(15)14(16)12(11(8)13)9-5-3-2-4-6-9/h7,9,16H,2-6H2,1H3. The highest BCUT2D eigenvalue weighted by atomic mass is 79.9. The maximum Gasteiger partial charge on any atom is 0.283 e. The van der Waals surface area contributed by atoms with Crippen molar-refractivity contribution in [1.29, 1.82) is 0 Å². The molecule has 2 rings (SSSR count). The van der Waals surface area contributed by atoms with E-state index in [1.807, 2.05) is 6.92 Å². The van der Waals surface area contributed by atoms with E-state index in [-0.39, 0.29) is 5.56 Å². The average molecular weight is 286 g/mol. The maximum absolute atomic E-state index is 11.5. The minimum Gasteiger partial charge on any atom is -0.425 e. The predicted octanol–water partition coefficient (Wildman–Crippen LogP) is 3.20. The molecule has 0 bridgehead atoms. The maximum atomic E-state index is 11.5. The normalized spacial score (nSPS) is 17.6. The third kappa shape index (κ3) is 2.03. The van der Waals surface area contributed by atoms with Crippen LogP contribution in [0.3, 0.4) is 0 Å². The summed E-state index contributed by atoms with van der Waals surface area (Å²) in [5.41, 5.74) is 1.32. The molecule has 0 atom stereocenters. The van der Waals surface area contributed by atoms with Gasteiger partial charge in [-0.05, 0) is 41.3 Å². The van der Waals surface area contributed by atoms with Crippen LogP contribution in [0.5, 0.6) is 0 Å². The van der Waals surface area contributed by atoms with Crippen LogP contribution in [-0.4, -0.2) is 9.94 Å². The third-order valence-corrected chi connectivity index (χ3v) is 4.37. The highest BCUT2D eigenvalue weighted by molar-refractivity contribution is 9.10. The summed E-state index contributed by atoms with van der Waals surface area (Å²) in [4.78, 5) is 11.5. The van der Waals surface area contributed by atoms with E-state index in [0.29, 0.717) is 5.92 Å². The number of aromatic nitrogens is 1. The van der Waals surface area contributed by atoms with Gasteiger partial charge in [-0.3, -0.25) is 4.79 Å². The van der Waals surface area contributed by atoms with E-state index in [2.05, 4.69) is 15.9 Å². The van der Waals surface area contributed by atoms with Gasteiger partial charge >= 0.3 is 0 Å². The van der Waals surface area contributed by atoms with Gasteiger partial charge in [0, 0.05) is 16.5 Å². The molecule has 1 N–H and O–H groups in total. The van der Waals surface area contributed by atoms with Gasteiger partial charge in [0.25, 0.3) is 5.56 Å². The zero-order valence-electron chi connectivity index (χ0n) is 9.37. The van der Waals surface area contributed by atoms with Crippen LogP contribution >= 0.6 is 15.9 Å². The molecule has 0 amide bonds. The molecule has 1 aliphatic rings. The van der Waals surface area contributed by atoms with Gasteiger partial charge in [-0.25, -0.2) is 0 Å². The lowest BCUT2D eigenvalue weighted by molar-refractivity contribution is 0.155. The van der Waals surface area contributed by atoms with Gasteiger partial charge in [-0.1, -0.05) is 19.3 Å². The topological polar surface area (TPSA) is 42.2 Å². The van der Waals surface area contributed by atoms with E-state index in [9.17, 15) is 10.0 Å². The molecular weight excluding hydrogens is 270 g/mol. The summed E-state index contributed by atoms with van der Waals surface area (Å²) in [6, 6.07) is 1.45. The van der Waals surface area contributed by atoms with Crippen molar-refractivity contribution in [2.24, 2.45) is 0 Å². The number of hydrogen-bond donors (Lipinski definition) is 1. The van der Waals surface area contributed by atoms with Gasteiger partial charge < -0.3 is 5.21 Å². The van der Waals surface area contributed by atoms with Crippen molar-refractivity contribution < 1.29 is 5.21 Å². The van der Waals surface area contributed by atoms with Crippen LogP contribution in [0.1, 0.15) is 49.3 Å². The highest BCUT2D eigenvalue weighted by Crippen LogP contribution is 2.36. The van der Waals surface area contributed by atoms with Crippen LogP contribution in [-0.2, 0) is 0 Å². The quantitative estimate of drug-likeness (QED) is 0.805. The first-order chi connectivity index (χ1) is 7.61. The summed E-state index contributed by atoms with van der Waals surface area (Å²) in [6.07, 6.45) is 5.73. The Kier molecular flexibility index (Phi) is 3.38. The Hall–Kier alpha value is -0.770. The molecular formula is C12H16BrNO2. The smallest absolute Gasteiger partial charge is 0.283 e. The number of aryl methyl sites for hydroxylation is 1. The van der Waals surface area contributed by atoms with Gasteiger partial charge in [-0.2, -0.15) is 4.73 Å².